The molecule has 0 aromatic heterocycles. The quantitative estimate of drug-likeness (QED) is 0.775. The van der Waals surface area contributed by atoms with Gasteiger partial charge in [0.1, 0.15) is 0 Å². The van der Waals surface area contributed by atoms with Crippen LogP contribution >= 0.6 is 0 Å². The third-order valence-corrected chi connectivity index (χ3v) is 6.28. The molecule has 0 amide bonds. The van der Waals surface area contributed by atoms with E-state index in [-0.39, 0.29) is 12.6 Å². The van der Waals surface area contributed by atoms with Crippen molar-refractivity contribution in [1.82, 2.24) is 9.21 Å². The van der Waals surface area contributed by atoms with Crippen LogP contribution in [0.4, 0.5) is 13.2 Å². The SMILES string of the molecule is C[C@@H]1CN(C2CCOCC2)CCN1S(=O)(=O)CCC(F)(F)F. The molecule has 9 heteroatoms. The summed E-state index contributed by atoms with van der Waals surface area (Å²) in [7, 11) is -3.86. The summed E-state index contributed by atoms with van der Waals surface area (Å²) in [6.45, 7) is 4.58. The molecule has 0 aliphatic carbocycles. The molecule has 2 rings (SSSR count). The molecule has 0 radical (unpaired) electrons. The molecule has 0 unspecified atom stereocenters. The van der Waals surface area contributed by atoms with Crippen molar-refractivity contribution >= 4 is 10.0 Å². The molecule has 5 nitrogen and oxygen atoms in total. The van der Waals surface area contributed by atoms with Crippen LogP contribution in [0.25, 0.3) is 0 Å². The monoisotopic (exact) mass is 344 g/mol. The van der Waals surface area contributed by atoms with Gasteiger partial charge in [-0.15, -0.1) is 0 Å². The Kier molecular flexibility index (Phi) is 5.73. The molecule has 0 N–H and O–H groups in total. The van der Waals surface area contributed by atoms with Gasteiger partial charge >= 0.3 is 6.18 Å². The van der Waals surface area contributed by atoms with Gasteiger partial charge in [-0.1, -0.05) is 0 Å². The Morgan fingerprint density at radius 3 is 2.36 bits per heavy atom. The minimum atomic E-state index is -4.44. The number of ether oxygens (including phenoxy) is 1. The molecular formula is C13H23F3N2O3S. The fourth-order valence-corrected chi connectivity index (χ4v) is 4.83. The molecule has 2 fully saturated rings. The summed E-state index contributed by atoms with van der Waals surface area (Å²) in [6.07, 6.45) is -3.89. The van der Waals surface area contributed by atoms with E-state index in [0.717, 1.165) is 12.8 Å². The van der Waals surface area contributed by atoms with E-state index in [9.17, 15) is 21.6 Å². The molecule has 2 saturated heterocycles. The lowest BCUT2D eigenvalue weighted by Crippen LogP contribution is -2.57. The number of rotatable bonds is 4. The van der Waals surface area contributed by atoms with E-state index in [1.54, 1.807) is 6.92 Å². The Hall–Kier alpha value is -0.380. The molecule has 22 heavy (non-hydrogen) atoms. The minimum Gasteiger partial charge on any atom is -0.381 e. The van der Waals surface area contributed by atoms with Crippen molar-refractivity contribution in [3.05, 3.63) is 0 Å². The number of halogens is 3. The molecule has 0 bridgehead atoms. The molecular weight excluding hydrogens is 321 g/mol. The van der Waals surface area contributed by atoms with Crippen molar-refractivity contribution in [3.8, 4) is 0 Å². The van der Waals surface area contributed by atoms with Crippen molar-refractivity contribution in [2.24, 2.45) is 0 Å². The van der Waals surface area contributed by atoms with Crippen molar-refractivity contribution in [3.63, 3.8) is 0 Å². The second-order valence-electron chi connectivity index (χ2n) is 5.98. The van der Waals surface area contributed by atoms with E-state index < -0.39 is 28.4 Å². The highest BCUT2D eigenvalue weighted by molar-refractivity contribution is 7.89. The normalized spacial score (nSPS) is 27.2. The molecule has 130 valence electrons. The van der Waals surface area contributed by atoms with E-state index in [0.29, 0.717) is 32.3 Å². The third kappa shape index (κ3) is 4.81. The van der Waals surface area contributed by atoms with E-state index >= 15 is 0 Å². The predicted octanol–water partition coefficient (Wildman–Crippen LogP) is 1.45. The smallest absolute Gasteiger partial charge is 0.381 e. The van der Waals surface area contributed by atoms with E-state index in [1.165, 1.54) is 4.31 Å². The fraction of sp³-hybridized carbons (Fsp3) is 1.00. The van der Waals surface area contributed by atoms with Crippen LogP contribution in [0.5, 0.6) is 0 Å². The van der Waals surface area contributed by atoms with Gasteiger partial charge in [-0.05, 0) is 19.8 Å². The summed E-state index contributed by atoms with van der Waals surface area (Å²) >= 11 is 0. The summed E-state index contributed by atoms with van der Waals surface area (Å²) in [6, 6.07) is 0.0889. The van der Waals surface area contributed by atoms with Gasteiger partial charge in [-0.2, -0.15) is 17.5 Å². The second-order valence-corrected chi connectivity index (χ2v) is 8.02. The van der Waals surface area contributed by atoms with Crippen molar-refractivity contribution in [2.45, 2.75) is 44.4 Å². The minimum absolute atomic E-state index is 0.263. The van der Waals surface area contributed by atoms with E-state index in [4.69, 9.17) is 4.74 Å². The van der Waals surface area contributed by atoms with Crippen molar-refractivity contribution in [2.75, 3.05) is 38.6 Å². The van der Waals surface area contributed by atoms with Gasteiger partial charge in [-0.3, -0.25) is 4.90 Å². The average Bonchev–Trinajstić information content (AvgIpc) is 2.45. The van der Waals surface area contributed by atoms with Crippen LogP contribution in [0.15, 0.2) is 0 Å². The maximum absolute atomic E-state index is 12.3. The van der Waals surface area contributed by atoms with Crippen LogP contribution < -0.4 is 0 Å². The molecule has 0 spiro atoms. The van der Waals surface area contributed by atoms with Crippen molar-refractivity contribution in [1.29, 1.82) is 0 Å². The zero-order valence-corrected chi connectivity index (χ0v) is 13.5. The number of hydrogen-bond acceptors (Lipinski definition) is 4. The molecule has 1 atom stereocenters. The first-order valence-electron chi connectivity index (χ1n) is 7.57. The summed E-state index contributed by atoms with van der Waals surface area (Å²) in [5, 5.41) is 0. The third-order valence-electron chi connectivity index (χ3n) is 4.31. The predicted molar refractivity (Wildman–Crippen MR) is 76.0 cm³/mol. The average molecular weight is 344 g/mol. The number of nitrogens with zero attached hydrogens (tertiary/aromatic N) is 2. The first-order chi connectivity index (χ1) is 10.2. The second kappa shape index (κ2) is 7.02. The van der Waals surface area contributed by atoms with Crippen LogP contribution in [0, 0.1) is 0 Å². The molecule has 0 saturated carbocycles. The summed E-state index contributed by atoms with van der Waals surface area (Å²) < 4.78 is 67.5. The van der Waals surface area contributed by atoms with Gasteiger partial charge in [0.05, 0.1) is 12.2 Å². The Morgan fingerprint density at radius 2 is 1.82 bits per heavy atom. The molecule has 2 heterocycles. The van der Waals surface area contributed by atoms with Crippen LogP contribution in [-0.4, -0.2) is 74.5 Å². The lowest BCUT2D eigenvalue weighted by molar-refractivity contribution is -0.130. The highest BCUT2D eigenvalue weighted by Crippen LogP contribution is 2.24. The number of hydrogen-bond donors (Lipinski definition) is 0. The standard InChI is InChI=1S/C13H23F3N2O3S/c1-11-10-17(12-2-7-21-8-3-12)5-6-18(11)22(19,20)9-4-13(14,15)16/h11-12H,2-10H2,1H3/t11-/m1/s1. The Labute approximate surface area is 129 Å². The van der Waals surface area contributed by atoms with E-state index in [1.807, 2.05) is 0 Å². The maximum Gasteiger partial charge on any atom is 0.390 e. The van der Waals surface area contributed by atoms with Crippen molar-refractivity contribution < 1.29 is 26.3 Å². The zero-order valence-electron chi connectivity index (χ0n) is 12.7. The Balaban J connectivity index is 1.92. The van der Waals surface area contributed by atoms with Gasteiger partial charge in [0.2, 0.25) is 10.0 Å². The number of alkyl halides is 3. The van der Waals surface area contributed by atoms with Gasteiger partial charge in [0, 0.05) is 44.9 Å². The Morgan fingerprint density at radius 1 is 1.18 bits per heavy atom. The fourth-order valence-electron chi connectivity index (χ4n) is 3.13. The lowest BCUT2D eigenvalue weighted by Gasteiger charge is -2.43. The van der Waals surface area contributed by atoms with Gasteiger partial charge in [0.15, 0.2) is 0 Å². The topological polar surface area (TPSA) is 49.9 Å². The number of piperazine rings is 1. The van der Waals surface area contributed by atoms with Crippen LogP contribution in [0.2, 0.25) is 0 Å². The first-order valence-corrected chi connectivity index (χ1v) is 9.18. The summed E-state index contributed by atoms with van der Waals surface area (Å²) in [5.41, 5.74) is 0. The van der Waals surface area contributed by atoms with Gasteiger partial charge < -0.3 is 4.74 Å². The van der Waals surface area contributed by atoms with Crippen LogP contribution in [-0.2, 0) is 14.8 Å². The van der Waals surface area contributed by atoms with E-state index in [2.05, 4.69) is 4.90 Å². The summed E-state index contributed by atoms with van der Waals surface area (Å²) in [5.74, 6) is -0.863. The Bertz CT molecular complexity index is 464. The largest absolute Gasteiger partial charge is 0.390 e. The number of sulfonamides is 1. The zero-order chi connectivity index (χ0) is 16.4. The first kappa shape index (κ1) is 18.0. The van der Waals surface area contributed by atoms with Gasteiger partial charge in [0.25, 0.3) is 0 Å². The molecule has 2 aliphatic rings. The maximum atomic E-state index is 12.3. The molecule has 0 aromatic carbocycles. The van der Waals surface area contributed by atoms with Crippen LogP contribution in [0.3, 0.4) is 0 Å². The molecule has 0 aromatic rings. The van der Waals surface area contributed by atoms with Gasteiger partial charge in [-0.25, -0.2) is 8.42 Å². The highest BCUT2D eigenvalue weighted by atomic mass is 32.2. The lowest BCUT2D eigenvalue weighted by atomic mass is 10.1. The molecule has 2 aliphatic heterocycles. The van der Waals surface area contributed by atoms with Crippen LogP contribution in [0.1, 0.15) is 26.2 Å². The highest BCUT2D eigenvalue weighted by Gasteiger charge is 2.37. The summed E-state index contributed by atoms with van der Waals surface area (Å²) in [4.78, 5) is 2.24.